The van der Waals surface area contributed by atoms with Crippen LogP contribution in [-0.2, 0) is 9.53 Å². The summed E-state index contributed by atoms with van der Waals surface area (Å²) in [7, 11) is 0. The Labute approximate surface area is 73.9 Å². The lowest BCUT2D eigenvalue weighted by Crippen LogP contribution is -2.12. The lowest BCUT2D eigenvalue weighted by atomic mass is 9.90. The zero-order valence-corrected chi connectivity index (χ0v) is 7.80. The molecule has 0 aromatic carbocycles. The van der Waals surface area contributed by atoms with Crippen LogP contribution in [0.4, 0.5) is 0 Å². The predicted molar refractivity (Wildman–Crippen MR) is 49.8 cm³/mol. The Morgan fingerprint density at radius 1 is 1.50 bits per heavy atom. The van der Waals surface area contributed by atoms with Crippen molar-refractivity contribution in [3.8, 4) is 0 Å². The number of esters is 1. The van der Waals surface area contributed by atoms with E-state index in [2.05, 4.69) is 13.2 Å². The molecule has 0 aromatic rings. The van der Waals surface area contributed by atoms with Crippen LogP contribution in [0.1, 0.15) is 20.3 Å². The minimum Gasteiger partial charge on any atom is -0.463 e. The van der Waals surface area contributed by atoms with E-state index in [1.54, 1.807) is 0 Å². The minimum absolute atomic E-state index is 0.0292. The molecule has 0 radical (unpaired) electrons. The fourth-order valence-electron chi connectivity index (χ4n) is 0.576. The molecule has 12 heavy (non-hydrogen) atoms. The van der Waals surface area contributed by atoms with Gasteiger partial charge in [0.05, 0.1) is 6.61 Å². The first-order valence-corrected chi connectivity index (χ1v) is 3.94. The lowest BCUT2D eigenvalue weighted by Gasteiger charge is -2.18. The number of hydrogen-bond acceptors (Lipinski definition) is 2. The van der Waals surface area contributed by atoms with Crippen LogP contribution in [0.25, 0.3) is 0 Å². The summed E-state index contributed by atoms with van der Waals surface area (Å²) in [5, 5.41) is 0. The highest BCUT2D eigenvalue weighted by molar-refractivity contribution is 5.81. The molecule has 2 nitrogen and oxygen atoms in total. The molecule has 0 saturated heterocycles. The molecule has 0 aliphatic rings. The number of hydrogen-bond donors (Lipinski definition) is 0. The van der Waals surface area contributed by atoms with E-state index in [1.165, 1.54) is 6.08 Å². The van der Waals surface area contributed by atoms with Gasteiger partial charge in [0, 0.05) is 6.08 Å². The van der Waals surface area contributed by atoms with Crippen LogP contribution in [0.2, 0.25) is 0 Å². The predicted octanol–water partition coefficient (Wildman–Crippen LogP) is 2.32. The molecule has 0 aliphatic heterocycles. The maximum absolute atomic E-state index is 10.6. The van der Waals surface area contributed by atoms with Crippen molar-refractivity contribution in [2.75, 3.05) is 6.61 Å². The van der Waals surface area contributed by atoms with Crippen molar-refractivity contribution in [1.29, 1.82) is 0 Å². The molecule has 0 bridgehead atoms. The Morgan fingerprint density at radius 3 is 2.50 bits per heavy atom. The van der Waals surface area contributed by atoms with Gasteiger partial charge in [-0.1, -0.05) is 26.5 Å². The molecule has 68 valence electrons. The Balaban J connectivity index is 3.62. The summed E-state index contributed by atoms with van der Waals surface area (Å²) in [6, 6.07) is 0. The van der Waals surface area contributed by atoms with Crippen molar-refractivity contribution in [1.82, 2.24) is 0 Å². The first kappa shape index (κ1) is 11.0. The zero-order chi connectivity index (χ0) is 9.61. The van der Waals surface area contributed by atoms with E-state index in [0.717, 1.165) is 6.42 Å². The molecule has 0 fully saturated rings. The first-order valence-electron chi connectivity index (χ1n) is 3.94. The molecular weight excluding hydrogens is 152 g/mol. The van der Waals surface area contributed by atoms with E-state index in [0.29, 0.717) is 6.61 Å². The SMILES string of the molecule is C=CC(=O)OCCC(C)(C)C=C. The van der Waals surface area contributed by atoms with Gasteiger partial charge in [-0.25, -0.2) is 4.79 Å². The molecular formula is C10H16O2. The van der Waals surface area contributed by atoms with Crippen molar-refractivity contribution in [2.45, 2.75) is 20.3 Å². The highest BCUT2D eigenvalue weighted by Crippen LogP contribution is 2.20. The average molecular weight is 168 g/mol. The van der Waals surface area contributed by atoms with Crippen LogP contribution in [0.15, 0.2) is 25.3 Å². The van der Waals surface area contributed by atoms with E-state index in [1.807, 2.05) is 19.9 Å². The maximum Gasteiger partial charge on any atom is 0.330 e. The quantitative estimate of drug-likeness (QED) is 0.358. The van der Waals surface area contributed by atoms with Crippen LogP contribution >= 0.6 is 0 Å². The second kappa shape index (κ2) is 4.75. The smallest absolute Gasteiger partial charge is 0.330 e. The molecule has 0 atom stereocenters. The van der Waals surface area contributed by atoms with Gasteiger partial charge >= 0.3 is 5.97 Å². The summed E-state index contributed by atoms with van der Waals surface area (Å²) in [6.45, 7) is 11.5. The van der Waals surface area contributed by atoms with Crippen molar-refractivity contribution in [2.24, 2.45) is 5.41 Å². The van der Waals surface area contributed by atoms with E-state index in [9.17, 15) is 4.79 Å². The molecule has 0 heterocycles. The molecule has 2 heteroatoms. The van der Waals surface area contributed by atoms with Crippen molar-refractivity contribution >= 4 is 5.97 Å². The Morgan fingerprint density at radius 2 is 2.08 bits per heavy atom. The maximum atomic E-state index is 10.6. The number of rotatable bonds is 5. The molecule has 0 aromatic heterocycles. The number of carbonyl (C=O) groups excluding carboxylic acids is 1. The van der Waals surface area contributed by atoms with E-state index in [-0.39, 0.29) is 11.4 Å². The van der Waals surface area contributed by atoms with Crippen molar-refractivity contribution < 1.29 is 9.53 Å². The normalized spacial score (nSPS) is 10.5. The van der Waals surface area contributed by atoms with Crippen molar-refractivity contribution in [3.63, 3.8) is 0 Å². The molecule has 0 saturated carbocycles. The van der Waals surface area contributed by atoms with Gasteiger partial charge in [-0.05, 0) is 11.8 Å². The average Bonchev–Trinajstić information content (AvgIpc) is 2.04. The van der Waals surface area contributed by atoms with E-state index in [4.69, 9.17) is 4.74 Å². The van der Waals surface area contributed by atoms with E-state index >= 15 is 0 Å². The van der Waals surface area contributed by atoms with Gasteiger partial charge in [0.25, 0.3) is 0 Å². The summed E-state index contributed by atoms with van der Waals surface area (Å²) >= 11 is 0. The molecule has 0 spiro atoms. The standard InChI is InChI=1S/C10H16O2/c1-5-9(11)12-8-7-10(3,4)6-2/h5-6H,1-2,7-8H2,3-4H3. The third kappa shape index (κ3) is 4.72. The minimum atomic E-state index is -0.366. The van der Waals surface area contributed by atoms with Gasteiger partial charge < -0.3 is 4.74 Å². The Hall–Kier alpha value is -1.05. The summed E-state index contributed by atoms with van der Waals surface area (Å²) in [5.41, 5.74) is 0.0292. The van der Waals surface area contributed by atoms with Crippen LogP contribution in [0, 0.1) is 5.41 Å². The molecule has 0 amide bonds. The van der Waals surface area contributed by atoms with Crippen LogP contribution in [0.5, 0.6) is 0 Å². The summed E-state index contributed by atoms with van der Waals surface area (Å²) in [6.07, 6.45) is 3.81. The van der Waals surface area contributed by atoms with Gasteiger partial charge in [-0.3, -0.25) is 0 Å². The second-order valence-electron chi connectivity index (χ2n) is 3.31. The van der Waals surface area contributed by atoms with Gasteiger partial charge in [-0.15, -0.1) is 6.58 Å². The molecule has 0 aliphatic carbocycles. The number of allylic oxidation sites excluding steroid dienone is 1. The summed E-state index contributed by atoms with van der Waals surface area (Å²) in [5.74, 6) is -0.366. The van der Waals surface area contributed by atoms with Crippen LogP contribution in [-0.4, -0.2) is 12.6 Å². The Bertz CT molecular complexity index is 180. The highest BCUT2D eigenvalue weighted by Gasteiger charge is 2.12. The van der Waals surface area contributed by atoms with Gasteiger partial charge in [0.2, 0.25) is 0 Å². The topological polar surface area (TPSA) is 26.3 Å². The lowest BCUT2D eigenvalue weighted by molar-refractivity contribution is -0.138. The molecule has 0 rings (SSSR count). The molecule has 0 unspecified atom stereocenters. The third-order valence-electron chi connectivity index (χ3n) is 1.71. The summed E-state index contributed by atoms with van der Waals surface area (Å²) < 4.78 is 4.82. The van der Waals surface area contributed by atoms with Gasteiger partial charge in [0.1, 0.15) is 0 Å². The number of carbonyl (C=O) groups is 1. The monoisotopic (exact) mass is 168 g/mol. The van der Waals surface area contributed by atoms with Crippen molar-refractivity contribution in [3.05, 3.63) is 25.3 Å². The van der Waals surface area contributed by atoms with E-state index < -0.39 is 0 Å². The van der Waals surface area contributed by atoms with Crippen LogP contribution < -0.4 is 0 Å². The summed E-state index contributed by atoms with van der Waals surface area (Å²) in [4.78, 5) is 10.6. The third-order valence-corrected chi connectivity index (χ3v) is 1.71. The molecule has 0 N–H and O–H groups in total. The first-order chi connectivity index (χ1) is 5.52. The zero-order valence-electron chi connectivity index (χ0n) is 7.80. The van der Waals surface area contributed by atoms with Gasteiger partial charge in [0.15, 0.2) is 0 Å². The van der Waals surface area contributed by atoms with Crippen LogP contribution in [0.3, 0.4) is 0 Å². The largest absolute Gasteiger partial charge is 0.463 e. The Kier molecular flexibility index (Phi) is 4.34. The van der Waals surface area contributed by atoms with Gasteiger partial charge in [-0.2, -0.15) is 0 Å². The number of ether oxygens (including phenoxy) is 1. The second-order valence-corrected chi connectivity index (χ2v) is 3.31. The fraction of sp³-hybridized carbons (Fsp3) is 0.500. The highest BCUT2D eigenvalue weighted by atomic mass is 16.5. The fourth-order valence-corrected chi connectivity index (χ4v) is 0.576.